The number of rotatable bonds is 6. The minimum atomic E-state index is 0.0416. The summed E-state index contributed by atoms with van der Waals surface area (Å²) in [6.07, 6.45) is 1.01. The molecule has 2 unspecified atom stereocenters. The summed E-state index contributed by atoms with van der Waals surface area (Å²) in [5.41, 5.74) is 1.30. The van der Waals surface area contributed by atoms with Crippen LogP contribution in [0.4, 0.5) is 5.88 Å². The van der Waals surface area contributed by atoms with Gasteiger partial charge in [-0.05, 0) is 54.8 Å². The van der Waals surface area contributed by atoms with Crippen molar-refractivity contribution in [2.45, 2.75) is 25.5 Å². The number of aromatic nitrogens is 2. The number of nitrogens with zero attached hydrogens (tertiary/aromatic N) is 4. The molecule has 5 heterocycles. The summed E-state index contributed by atoms with van der Waals surface area (Å²) in [6, 6.07) is 18.5. The highest BCUT2D eigenvalue weighted by Crippen LogP contribution is 2.39. The second-order valence-corrected chi connectivity index (χ2v) is 9.12. The Morgan fingerprint density at radius 2 is 1.89 bits per heavy atom. The molecule has 0 radical (unpaired) electrons. The number of anilines is 1. The molecule has 0 amide bonds. The van der Waals surface area contributed by atoms with Gasteiger partial charge in [0.2, 0.25) is 11.6 Å². The molecule has 4 aromatic rings. The molecule has 2 atom stereocenters. The van der Waals surface area contributed by atoms with E-state index in [0.29, 0.717) is 48.7 Å². The molecule has 1 saturated heterocycles. The van der Waals surface area contributed by atoms with Gasteiger partial charge in [0.1, 0.15) is 29.9 Å². The summed E-state index contributed by atoms with van der Waals surface area (Å²) in [4.78, 5) is 18.8. The Kier molecular flexibility index (Phi) is 5.49. The fourth-order valence-corrected chi connectivity index (χ4v) is 5.16. The molecule has 2 aliphatic heterocycles. The zero-order valence-electron chi connectivity index (χ0n) is 19.7. The summed E-state index contributed by atoms with van der Waals surface area (Å²) in [5.74, 6) is 3.67. The van der Waals surface area contributed by atoms with Crippen molar-refractivity contribution >= 4 is 5.88 Å². The van der Waals surface area contributed by atoms with Crippen molar-refractivity contribution < 1.29 is 18.3 Å². The number of oxazole rings is 1. The van der Waals surface area contributed by atoms with Crippen LogP contribution >= 0.6 is 0 Å². The molecule has 6 rings (SSSR count). The predicted molar refractivity (Wildman–Crippen MR) is 130 cm³/mol. The van der Waals surface area contributed by atoms with E-state index in [-0.39, 0.29) is 29.7 Å². The molecule has 0 N–H and O–H groups in total. The Hall–Kier alpha value is -4.45. The van der Waals surface area contributed by atoms with Crippen LogP contribution in [0.3, 0.4) is 0 Å². The Morgan fingerprint density at radius 3 is 2.69 bits per heavy atom. The molecular formula is C27H24N4O5. The van der Waals surface area contributed by atoms with Gasteiger partial charge in [-0.25, -0.2) is 0 Å². The van der Waals surface area contributed by atoms with Crippen molar-refractivity contribution in [2.75, 3.05) is 25.1 Å². The summed E-state index contributed by atoms with van der Waals surface area (Å²) >= 11 is 0. The van der Waals surface area contributed by atoms with E-state index < -0.39 is 0 Å². The van der Waals surface area contributed by atoms with Crippen LogP contribution in [0.15, 0.2) is 68.2 Å². The van der Waals surface area contributed by atoms with Crippen LogP contribution in [0, 0.1) is 17.2 Å². The van der Waals surface area contributed by atoms with Crippen molar-refractivity contribution in [2.24, 2.45) is 5.92 Å². The number of methoxy groups -OCH3 is 1. The zero-order chi connectivity index (χ0) is 24.6. The number of ether oxygens (including phenoxy) is 2. The Bertz CT molecular complexity index is 1490. The second-order valence-electron chi connectivity index (χ2n) is 9.12. The quantitative estimate of drug-likeness (QED) is 0.401. The van der Waals surface area contributed by atoms with Crippen LogP contribution in [-0.4, -0.2) is 29.8 Å². The first-order valence-corrected chi connectivity index (χ1v) is 11.8. The first-order valence-electron chi connectivity index (χ1n) is 11.8. The minimum Gasteiger partial charge on any atom is -0.497 e. The van der Waals surface area contributed by atoms with Crippen LogP contribution in [0.25, 0.3) is 11.7 Å². The van der Waals surface area contributed by atoms with E-state index in [1.54, 1.807) is 25.3 Å². The molecule has 1 fully saturated rings. The third-order valence-corrected chi connectivity index (χ3v) is 6.80. The van der Waals surface area contributed by atoms with Gasteiger partial charge in [0, 0.05) is 37.3 Å². The lowest BCUT2D eigenvalue weighted by molar-refractivity contribution is 0.269. The van der Waals surface area contributed by atoms with E-state index in [2.05, 4.69) is 16.0 Å². The topological polar surface area (TPSA) is 107 Å². The largest absolute Gasteiger partial charge is 0.497 e. The molecule has 3 aromatic heterocycles. The molecule has 0 aliphatic carbocycles. The van der Waals surface area contributed by atoms with E-state index in [1.807, 2.05) is 41.0 Å². The number of piperidine rings is 1. The van der Waals surface area contributed by atoms with Gasteiger partial charge in [-0.3, -0.25) is 4.79 Å². The standard InChI is InChI=1S/C27H24N4O5/c1-33-19-5-7-20(8-6-19)34-16-21-9-10-24(35-21)26-29-22(12-28)27(36-26)30-13-17-11-18(15-30)23-3-2-4-25(32)31(23)14-17/h2-10,17-18H,11,13-16H2,1H3. The first kappa shape index (κ1) is 22.0. The van der Waals surface area contributed by atoms with Crippen molar-refractivity contribution in [3.05, 3.63) is 82.1 Å². The molecule has 36 heavy (non-hydrogen) atoms. The zero-order valence-corrected chi connectivity index (χ0v) is 19.7. The molecule has 9 nitrogen and oxygen atoms in total. The summed E-state index contributed by atoms with van der Waals surface area (Å²) in [7, 11) is 1.62. The van der Waals surface area contributed by atoms with Crippen molar-refractivity contribution in [1.29, 1.82) is 5.26 Å². The molecule has 0 saturated carbocycles. The highest BCUT2D eigenvalue weighted by Gasteiger charge is 2.37. The van der Waals surface area contributed by atoms with Gasteiger partial charge in [-0.1, -0.05) is 6.07 Å². The number of fused-ring (bicyclic) bond motifs is 4. The van der Waals surface area contributed by atoms with Crippen LogP contribution in [0.2, 0.25) is 0 Å². The lowest BCUT2D eigenvalue weighted by Gasteiger charge is -2.42. The van der Waals surface area contributed by atoms with Gasteiger partial charge >= 0.3 is 0 Å². The molecule has 9 heteroatoms. The molecule has 0 spiro atoms. The van der Waals surface area contributed by atoms with E-state index in [9.17, 15) is 10.1 Å². The van der Waals surface area contributed by atoms with Gasteiger partial charge in [0.25, 0.3) is 11.4 Å². The normalized spacial score (nSPS) is 18.4. The average Bonchev–Trinajstić information content (AvgIpc) is 3.55. The minimum absolute atomic E-state index is 0.0416. The Balaban J connectivity index is 1.20. The second kappa shape index (κ2) is 8.96. The van der Waals surface area contributed by atoms with Gasteiger partial charge in [-0.15, -0.1) is 0 Å². The number of hydrogen-bond acceptors (Lipinski definition) is 8. The van der Waals surface area contributed by atoms with Gasteiger partial charge in [0.05, 0.1) is 7.11 Å². The van der Waals surface area contributed by atoms with Crippen molar-refractivity contribution in [3.63, 3.8) is 0 Å². The van der Waals surface area contributed by atoms with Crippen LogP contribution in [-0.2, 0) is 13.2 Å². The van der Waals surface area contributed by atoms with E-state index in [4.69, 9.17) is 18.3 Å². The van der Waals surface area contributed by atoms with Crippen molar-refractivity contribution in [1.82, 2.24) is 9.55 Å². The molecule has 2 bridgehead atoms. The smallest absolute Gasteiger partial charge is 0.266 e. The SMILES string of the molecule is COc1ccc(OCc2ccc(-c3nc(C#N)c(N4CC5CC(C4)c4cccc(=O)n4C5)o3)o2)cc1. The lowest BCUT2D eigenvalue weighted by Crippen LogP contribution is -2.47. The van der Waals surface area contributed by atoms with E-state index in [0.717, 1.165) is 17.9 Å². The highest BCUT2D eigenvalue weighted by atomic mass is 16.5. The van der Waals surface area contributed by atoms with Gasteiger partial charge in [-0.2, -0.15) is 10.2 Å². The number of furan rings is 1. The Labute approximate surface area is 207 Å². The maximum Gasteiger partial charge on any atom is 0.266 e. The van der Waals surface area contributed by atoms with Crippen molar-refractivity contribution in [3.8, 4) is 29.2 Å². The van der Waals surface area contributed by atoms with Gasteiger partial charge < -0.3 is 27.8 Å². The third kappa shape index (κ3) is 4.01. The number of pyridine rings is 1. The summed E-state index contributed by atoms with van der Waals surface area (Å²) in [5, 5.41) is 9.76. The Morgan fingerprint density at radius 1 is 1.06 bits per heavy atom. The van der Waals surface area contributed by atoms with Gasteiger partial charge in [0.15, 0.2) is 5.76 Å². The maximum absolute atomic E-state index is 12.3. The van der Waals surface area contributed by atoms with Crippen LogP contribution < -0.4 is 19.9 Å². The monoisotopic (exact) mass is 484 g/mol. The third-order valence-electron chi connectivity index (χ3n) is 6.80. The van der Waals surface area contributed by atoms with E-state index in [1.165, 1.54) is 0 Å². The molecule has 2 aliphatic rings. The van der Waals surface area contributed by atoms with Crippen LogP contribution in [0.5, 0.6) is 11.5 Å². The maximum atomic E-state index is 12.3. The predicted octanol–water partition coefficient (Wildman–Crippen LogP) is 4.18. The molecular weight excluding hydrogens is 460 g/mol. The summed E-state index contributed by atoms with van der Waals surface area (Å²) < 4.78 is 24.8. The molecule has 182 valence electrons. The summed E-state index contributed by atoms with van der Waals surface area (Å²) in [6.45, 7) is 2.25. The molecule has 1 aromatic carbocycles. The van der Waals surface area contributed by atoms with Crippen LogP contribution in [0.1, 0.15) is 29.5 Å². The highest BCUT2D eigenvalue weighted by molar-refractivity contribution is 5.56. The first-order chi connectivity index (χ1) is 17.6. The number of hydrogen-bond donors (Lipinski definition) is 0. The van der Waals surface area contributed by atoms with E-state index >= 15 is 0 Å². The lowest BCUT2D eigenvalue weighted by atomic mass is 9.83. The number of nitriles is 1. The average molecular weight is 485 g/mol. The fraction of sp³-hybridized carbons (Fsp3) is 0.296. The number of benzene rings is 1. The fourth-order valence-electron chi connectivity index (χ4n) is 5.16.